The fourth-order valence-electron chi connectivity index (χ4n) is 3.14. The number of likely N-dealkylation sites (tertiary alicyclic amines) is 1. The number of benzene rings is 1. The molecular formula is C16H23BrN2O2. The molecule has 2 aliphatic rings. The summed E-state index contributed by atoms with van der Waals surface area (Å²) in [5.74, 6) is 3.04. The topological polar surface area (TPSA) is 47.7 Å². The predicted molar refractivity (Wildman–Crippen MR) is 86.7 cm³/mol. The first-order valence-electron chi connectivity index (χ1n) is 7.68. The van der Waals surface area contributed by atoms with Gasteiger partial charge in [-0.1, -0.05) is 22.9 Å². The molecule has 3 rings (SSSR count). The predicted octanol–water partition coefficient (Wildman–Crippen LogP) is 2.64. The van der Waals surface area contributed by atoms with Crippen LogP contribution >= 0.6 is 15.9 Å². The first kappa shape index (κ1) is 15.1. The van der Waals surface area contributed by atoms with E-state index in [9.17, 15) is 0 Å². The van der Waals surface area contributed by atoms with Crippen molar-refractivity contribution in [2.45, 2.75) is 19.9 Å². The van der Waals surface area contributed by atoms with Gasteiger partial charge in [0.25, 0.3) is 0 Å². The summed E-state index contributed by atoms with van der Waals surface area (Å²) in [6, 6.07) is 4.13. The summed E-state index contributed by atoms with van der Waals surface area (Å²) in [7, 11) is 0. The van der Waals surface area contributed by atoms with Crippen LogP contribution in [0.5, 0.6) is 11.5 Å². The summed E-state index contributed by atoms with van der Waals surface area (Å²) in [4.78, 5) is 2.49. The Morgan fingerprint density at radius 3 is 2.71 bits per heavy atom. The summed E-state index contributed by atoms with van der Waals surface area (Å²) < 4.78 is 12.4. The van der Waals surface area contributed by atoms with Crippen molar-refractivity contribution in [2.75, 3.05) is 32.8 Å². The van der Waals surface area contributed by atoms with Crippen LogP contribution < -0.4 is 15.2 Å². The van der Waals surface area contributed by atoms with E-state index in [2.05, 4.69) is 33.8 Å². The molecule has 2 atom stereocenters. The Morgan fingerprint density at radius 2 is 2.00 bits per heavy atom. The molecule has 0 radical (unpaired) electrons. The van der Waals surface area contributed by atoms with E-state index < -0.39 is 0 Å². The molecular weight excluding hydrogens is 332 g/mol. The molecule has 2 N–H and O–H groups in total. The molecule has 5 heteroatoms. The van der Waals surface area contributed by atoms with E-state index in [0.29, 0.717) is 19.1 Å². The highest BCUT2D eigenvalue weighted by Gasteiger charge is 2.26. The van der Waals surface area contributed by atoms with Crippen LogP contribution in [0.1, 0.15) is 18.9 Å². The normalized spacial score (nSPS) is 25.9. The summed E-state index contributed by atoms with van der Waals surface area (Å²) in [5, 5.41) is 0. The SMILES string of the molecule is CC1CCN(Cc2cc3c(cc2Br)OCCO3)CC1CN. The molecule has 0 aliphatic carbocycles. The number of hydrogen-bond acceptors (Lipinski definition) is 4. The smallest absolute Gasteiger partial charge is 0.162 e. The number of fused-ring (bicyclic) bond motifs is 1. The second-order valence-corrected chi connectivity index (χ2v) is 6.94. The van der Waals surface area contributed by atoms with Crippen molar-refractivity contribution in [3.05, 3.63) is 22.2 Å². The summed E-state index contributed by atoms with van der Waals surface area (Å²) in [6.45, 7) is 7.50. The third kappa shape index (κ3) is 3.35. The van der Waals surface area contributed by atoms with Crippen LogP contribution in [-0.4, -0.2) is 37.7 Å². The fourth-order valence-corrected chi connectivity index (χ4v) is 3.59. The highest BCUT2D eigenvalue weighted by atomic mass is 79.9. The van der Waals surface area contributed by atoms with Gasteiger partial charge in [-0.3, -0.25) is 4.90 Å². The van der Waals surface area contributed by atoms with Gasteiger partial charge in [-0.25, -0.2) is 0 Å². The number of nitrogens with zero attached hydrogens (tertiary/aromatic N) is 1. The number of nitrogens with two attached hydrogens (primary N) is 1. The minimum atomic E-state index is 0.606. The highest BCUT2D eigenvalue weighted by molar-refractivity contribution is 9.10. The van der Waals surface area contributed by atoms with E-state index in [1.165, 1.54) is 12.0 Å². The van der Waals surface area contributed by atoms with Crippen LogP contribution in [0, 0.1) is 11.8 Å². The standard InChI is InChI=1S/C16H23BrN2O2/c1-11-2-3-19(10-13(11)8-18)9-12-6-15-16(7-14(12)17)21-5-4-20-15/h6-7,11,13H,2-5,8-10,18H2,1H3. The lowest BCUT2D eigenvalue weighted by molar-refractivity contribution is 0.125. The molecule has 0 spiro atoms. The molecule has 21 heavy (non-hydrogen) atoms. The molecule has 0 aromatic heterocycles. The molecule has 1 fully saturated rings. The van der Waals surface area contributed by atoms with E-state index in [4.69, 9.17) is 15.2 Å². The average molecular weight is 355 g/mol. The van der Waals surface area contributed by atoms with Gasteiger partial charge in [0.15, 0.2) is 11.5 Å². The van der Waals surface area contributed by atoms with Crippen molar-refractivity contribution in [3.8, 4) is 11.5 Å². The molecule has 1 aromatic rings. The number of rotatable bonds is 3. The molecule has 116 valence electrons. The molecule has 0 bridgehead atoms. The van der Waals surface area contributed by atoms with Gasteiger partial charge >= 0.3 is 0 Å². The van der Waals surface area contributed by atoms with Gasteiger partial charge in [-0.05, 0) is 49.0 Å². The third-order valence-electron chi connectivity index (χ3n) is 4.61. The Labute approximate surface area is 134 Å². The monoisotopic (exact) mass is 354 g/mol. The summed E-state index contributed by atoms with van der Waals surface area (Å²) >= 11 is 3.66. The van der Waals surface area contributed by atoms with Crippen LogP contribution in [0.15, 0.2) is 16.6 Å². The summed E-state index contributed by atoms with van der Waals surface area (Å²) in [5.41, 5.74) is 7.15. The third-order valence-corrected chi connectivity index (χ3v) is 5.34. The van der Waals surface area contributed by atoms with Gasteiger partial charge in [-0.2, -0.15) is 0 Å². The van der Waals surface area contributed by atoms with Gasteiger partial charge < -0.3 is 15.2 Å². The van der Waals surface area contributed by atoms with Gasteiger partial charge in [0.05, 0.1) is 0 Å². The molecule has 2 unspecified atom stereocenters. The number of ether oxygens (including phenoxy) is 2. The van der Waals surface area contributed by atoms with Gasteiger partial charge in [-0.15, -0.1) is 0 Å². The lowest BCUT2D eigenvalue weighted by Gasteiger charge is -2.36. The zero-order valence-corrected chi connectivity index (χ0v) is 14.1. The van der Waals surface area contributed by atoms with E-state index >= 15 is 0 Å². The Hall–Kier alpha value is -0.780. The first-order valence-corrected chi connectivity index (χ1v) is 8.47. The average Bonchev–Trinajstić information content (AvgIpc) is 2.50. The maximum absolute atomic E-state index is 5.90. The zero-order valence-electron chi connectivity index (χ0n) is 12.5. The molecule has 2 heterocycles. The van der Waals surface area contributed by atoms with Crippen molar-refractivity contribution in [1.82, 2.24) is 4.90 Å². The fraction of sp³-hybridized carbons (Fsp3) is 0.625. The Bertz CT molecular complexity index is 509. The van der Waals surface area contributed by atoms with Crippen LogP contribution in [-0.2, 0) is 6.54 Å². The molecule has 0 amide bonds. The highest BCUT2D eigenvalue weighted by Crippen LogP contribution is 2.36. The van der Waals surface area contributed by atoms with Crippen molar-refractivity contribution in [2.24, 2.45) is 17.6 Å². The number of halogens is 1. The minimum Gasteiger partial charge on any atom is -0.486 e. The summed E-state index contributed by atoms with van der Waals surface area (Å²) in [6.07, 6.45) is 1.23. The van der Waals surface area contributed by atoms with Crippen LogP contribution in [0.25, 0.3) is 0 Å². The maximum Gasteiger partial charge on any atom is 0.162 e. The largest absolute Gasteiger partial charge is 0.486 e. The van der Waals surface area contributed by atoms with Crippen LogP contribution in [0.3, 0.4) is 0 Å². The van der Waals surface area contributed by atoms with Crippen LogP contribution in [0.4, 0.5) is 0 Å². The first-order chi connectivity index (χ1) is 10.2. The zero-order chi connectivity index (χ0) is 14.8. The molecule has 1 saturated heterocycles. The van der Waals surface area contributed by atoms with Crippen molar-refractivity contribution >= 4 is 15.9 Å². The van der Waals surface area contributed by atoms with Gasteiger partial charge in [0.1, 0.15) is 13.2 Å². The second-order valence-electron chi connectivity index (χ2n) is 6.08. The van der Waals surface area contributed by atoms with Crippen molar-refractivity contribution in [3.63, 3.8) is 0 Å². The molecule has 1 aromatic carbocycles. The maximum atomic E-state index is 5.90. The van der Waals surface area contributed by atoms with Crippen molar-refractivity contribution in [1.29, 1.82) is 0 Å². The van der Waals surface area contributed by atoms with E-state index in [0.717, 1.165) is 48.1 Å². The number of piperidine rings is 1. The Balaban J connectivity index is 1.72. The quantitative estimate of drug-likeness (QED) is 0.906. The van der Waals surface area contributed by atoms with E-state index in [1.54, 1.807) is 0 Å². The lowest BCUT2D eigenvalue weighted by Crippen LogP contribution is -2.42. The minimum absolute atomic E-state index is 0.606. The second kappa shape index (κ2) is 6.55. The Morgan fingerprint density at radius 1 is 1.29 bits per heavy atom. The number of hydrogen-bond donors (Lipinski definition) is 1. The van der Waals surface area contributed by atoms with Crippen molar-refractivity contribution < 1.29 is 9.47 Å². The van der Waals surface area contributed by atoms with Gasteiger partial charge in [0, 0.05) is 17.6 Å². The molecule has 2 aliphatic heterocycles. The molecule has 4 nitrogen and oxygen atoms in total. The Kier molecular flexibility index (Phi) is 4.72. The molecule has 0 saturated carbocycles. The van der Waals surface area contributed by atoms with Gasteiger partial charge in [0.2, 0.25) is 0 Å². The van der Waals surface area contributed by atoms with Crippen LogP contribution in [0.2, 0.25) is 0 Å². The van der Waals surface area contributed by atoms with E-state index in [1.807, 2.05) is 6.07 Å². The lowest BCUT2D eigenvalue weighted by atomic mass is 9.87. The van der Waals surface area contributed by atoms with E-state index in [-0.39, 0.29) is 0 Å².